The Morgan fingerprint density at radius 3 is 2.27 bits per heavy atom. The molecule has 2 aromatic rings. The van der Waals surface area contributed by atoms with E-state index in [9.17, 15) is 13.2 Å². The van der Waals surface area contributed by atoms with Crippen molar-refractivity contribution in [2.75, 3.05) is 12.4 Å². The molecule has 2 aromatic carbocycles. The molecule has 0 atom stereocenters. The number of carbonyl (C=O) groups excluding carboxylic acids is 1. The Hall–Kier alpha value is -1.60. The molecule has 0 saturated carbocycles. The van der Waals surface area contributed by atoms with E-state index in [1.54, 1.807) is 44.2 Å². The van der Waals surface area contributed by atoms with Gasteiger partial charge in [-0.2, -0.15) is 4.31 Å². The predicted octanol–water partition coefficient (Wildman–Crippen LogP) is 4.20. The topological polar surface area (TPSA) is 66.5 Å². The molecule has 1 amide bonds. The lowest BCUT2D eigenvalue weighted by Crippen LogP contribution is -2.33. The first-order valence-electron chi connectivity index (χ1n) is 7.93. The molecule has 0 radical (unpaired) electrons. The zero-order valence-corrected chi connectivity index (χ0v) is 17.0. The van der Waals surface area contributed by atoms with Gasteiger partial charge in [0.25, 0.3) is 0 Å². The molecule has 2 rings (SSSR count). The van der Waals surface area contributed by atoms with Crippen molar-refractivity contribution in [1.82, 2.24) is 4.31 Å². The van der Waals surface area contributed by atoms with Gasteiger partial charge in [-0.05, 0) is 55.8 Å². The SMILES string of the molecule is CC(C)N(C)S(=O)(=O)c1ccc(NC(=O)Cc2ccc(Cl)cc2Cl)cc1. The van der Waals surface area contributed by atoms with Crippen LogP contribution in [0.3, 0.4) is 0 Å². The maximum absolute atomic E-state index is 12.4. The van der Waals surface area contributed by atoms with Crippen LogP contribution >= 0.6 is 23.2 Å². The summed E-state index contributed by atoms with van der Waals surface area (Å²) in [6.07, 6.45) is 0.0894. The highest BCUT2D eigenvalue weighted by Gasteiger charge is 2.22. The first-order chi connectivity index (χ1) is 12.1. The summed E-state index contributed by atoms with van der Waals surface area (Å²) >= 11 is 11.9. The summed E-state index contributed by atoms with van der Waals surface area (Å²) in [7, 11) is -2.02. The molecule has 0 saturated heterocycles. The summed E-state index contributed by atoms with van der Waals surface area (Å²) < 4.78 is 26.1. The zero-order valence-electron chi connectivity index (χ0n) is 14.7. The van der Waals surface area contributed by atoms with Gasteiger partial charge in [-0.1, -0.05) is 29.3 Å². The number of rotatable bonds is 6. The van der Waals surface area contributed by atoms with Crippen LogP contribution < -0.4 is 5.32 Å². The summed E-state index contributed by atoms with van der Waals surface area (Å²) in [5, 5.41) is 3.65. The third kappa shape index (κ3) is 4.98. The zero-order chi connectivity index (χ0) is 19.5. The summed E-state index contributed by atoms with van der Waals surface area (Å²) in [6, 6.07) is 10.9. The van der Waals surface area contributed by atoms with E-state index in [1.807, 2.05) is 0 Å². The third-order valence-corrected chi connectivity index (χ3v) is 6.54. The van der Waals surface area contributed by atoms with Crippen molar-refractivity contribution in [3.8, 4) is 0 Å². The Labute approximate surface area is 164 Å². The Morgan fingerprint density at radius 2 is 1.73 bits per heavy atom. The number of amides is 1. The Morgan fingerprint density at radius 1 is 1.12 bits per heavy atom. The highest BCUT2D eigenvalue weighted by molar-refractivity contribution is 7.89. The Balaban J connectivity index is 2.08. The summed E-state index contributed by atoms with van der Waals surface area (Å²) in [5.41, 5.74) is 1.16. The van der Waals surface area contributed by atoms with E-state index in [4.69, 9.17) is 23.2 Å². The van der Waals surface area contributed by atoms with Gasteiger partial charge >= 0.3 is 0 Å². The van der Waals surface area contributed by atoms with Gasteiger partial charge in [0.1, 0.15) is 0 Å². The average Bonchev–Trinajstić information content (AvgIpc) is 2.57. The van der Waals surface area contributed by atoms with Gasteiger partial charge < -0.3 is 5.32 Å². The lowest BCUT2D eigenvalue weighted by atomic mass is 10.1. The van der Waals surface area contributed by atoms with Gasteiger partial charge in [-0.3, -0.25) is 4.79 Å². The number of halogens is 2. The number of nitrogens with one attached hydrogen (secondary N) is 1. The van der Waals surface area contributed by atoms with Crippen molar-refractivity contribution in [3.63, 3.8) is 0 Å². The molecule has 8 heteroatoms. The normalized spacial score (nSPS) is 11.8. The minimum absolute atomic E-state index is 0.0894. The fourth-order valence-electron chi connectivity index (χ4n) is 2.20. The average molecular weight is 415 g/mol. The predicted molar refractivity (Wildman–Crippen MR) is 105 cm³/mol. The largest absolute Gasteiger partial charge is 0.326 e. The number of hydrogen-bond donors (Lipinski definition) is 1. The molecule has 0 aliphatic heterocycles. The fourth-order valence-corrected chi connectivity index (χ4v) is 4.04. The summed E-state index contributed by atoms with van der Waals surface area (Å²) in [4.78, 5) is 12.3. The van der Waals surface area contributed by atoms with Crippen LogP contribution in [0.2, 0.25) is 10.0 Å². The van der Waals surface area contributed by atoms with Crippen LogP contribution in [0.25, 0.3) is 0 Å². The second kappa shape index (κ2) is 8.39. The second-order valence-corrected chi connectivity index (χ2v) is 8.94. The number of hydrogen-bond acceptors (Lipinski definition) is 3. The van der Waals surface area contributed by atoms with Crippen molar-refractivity contribution in [3.05, 3.63) is 58.1 Å². The monoisotopic (exact) mass is 414 g/mol. The van der Waals surface area contributed by atoms with Gasteiger partial charge in [0.05, 0.1) is 11.3 Å². The molecule has 26 heavy (non-hydrogen) atoms. The standard InChI is InChI=1S/C18H20Cl2N2O3S/c1-12(2)22(3)26(24,25)16-8-6-15(7-9-16)21-18(23)10-13-4-5-14(19)11-17(13)20/h4-9,11-12H,10H2,1-3H3,(H,21,23). The van der Waals surface area contributed by atoms with Crippen LogP contribution in [-0.2, 0) is 21.2 Å². The molecule has 0 unspecified atom stereocenters. The van der Waals surface area contributed by atoms with Crippen LogP contribution in [0.4, 0.5) is 5.69 Å². The molecule has 140 valence electrons. The second-order valence-electron chi connectivity index (χ2n) is 6.10. The quantitative estimate of drug-likeness (QED) is 0.769. The maximum Gasteiger partial charge on any atom is 0.243 e. The van der Waals surface area contributed by atoms with Crippen molar-refractivity contribution in [2.24, 2.45) is 0 Å². The first kappa shape index (κ1) is 20.7. The van der Waals surface area contributed by atoms with Gasteiger partial charge in [0.15, 0.2) is 0 Å². The number of nitrogens with zero attached hydrogens (tertiary/aromatic N) is 1. The Bertz CT molecular complexity index is 897. The van der Waals surface area contributed by atoms with Crippen molar-refractivity contribution >= 4 is 44.8 Å². The van der Waals surface area contributed by atoms with Gasteiger partial charge in [-0.25, -0.2) is 8.42 Å². The summed E-state index contributed by atoms with van der Waals surface area (Å²) in [5.74, 6) is -0.260. The van der Waals surface area contributed by atoms with E-state index >= 15 is 0 Å². The molecule has 0 aliphatic carbocycles. The van der Waals surface area contributed by atoms with Gasteiger partial charge in [-0.15, -0.1) is 0 Å². The molecule has 1 N–H and O–H groups in total. The van der Waals surface area contributed by atoms with Crippen LogP contribution in [0.15, 0.2) is 47.4 Å². The van der Waals surface area contributed by atoms with E-state index in [0.717, 1.165) is 0 Å². The summed E-state index contributed by atoms with van der Waals surface area (Å²) in [6.45, 7) is 3.60. The van der Waals surface area contributed by atoms with Gasteiger partial charge in [0.2, 0.25) is 15.9 Å². The number of carbonyl (C=O) groups is 1. The minimum Gasteiger partial charge on any atom is -0.326 e. The third-order valence-electron chi connectivity index (χ3n) is 3.91. The van der Waals surface area contributed by atoms with Crippen LogP contribution in [0, 0.1) is 0 Å². The van der Waals surface area contributed by atoms with Crippen LogP contribution in [-0.4, -0.2) is 31.7 Å². The molecule has 0 heterocycles. The van der Waals surface area contributed by atoms with Crippen molar-refractivity contribution < 1.29 is 13.2 Å². The lowest BCUT2D eigenvalue weighted by Gasteiger charge is -2.21. The Kier molecular flexibility index (Phi) is 6.69. The maximum atomic E-state index is 12.4. The minimum atomic E-state index is -3.55. The highest BCUT2D eigenvalue weighted by Crippen LogP contribution is 2.22. The van der Waals surface area contributed by atoms with Crippen LogP contribution in [0.1, 0.15) is 19.4 Å². The molecule has 0 aliphatic rings. The van der Waals surface area contributed by atoms with E-state index in [-0.39, 0.29) is 23.3 Å². The smallest absolute Gasteiger partial charge is 0.243 e. The van der Waals surface area contributed by atoms with Crippen molar-refractivity contribution in [2.45, 2.75) is 31.2 Å². The molecule has 5 nitrogen and oxygen atoms in total. The molecule has 0 fully saturated rings. The van der Waals surface area contributed by atoms with Gasteiger partial charge in [0, 0.05) is 28.8 Å². The van der Waals surface area contributed by atoms with E-state index in [2.05, 4.69) is 5.32 Å². The lowest BCUT2D eigenvalue weighted by molar-refractivity contribution is -0.115. The van der Waals surface area contributed by atoms with Crippen molar-refractivity contribution in [1.29, 1.82) is 0 Å². The first-order valence-corrected chi connectivity index (χ1v) is 10.1. The number of benzene rings is 2. The highest BCUT2D eigenvalue weighted by atomic mass is 35.5. The van der Waals surface area contributed by atoms with E-state index < -0.39 is 10.0 Å². The molecule has 0 aromatic heterocycles. The molecule has 0 bridgehead atoms. The molecule has 0 spiro atoms. The number of anilines is 1. The number of sulfonamides is 1. The van der Waals surface area contributed by atoms with Crippen LogP contribution in [0.5, 0.6) is 0 Å². The molecular formula is C18H20Cl2N2O3S. The van der Waals surface area contributed by atoms with E-state index in [1.165, 1.54) is 23.5 Å². The van der Waals surface area contributed by atoms with E-state index in [0.29, 0.717) is 21.3 Å². The fraction of sp³-hybridized carbons (Fsp3) is 0.278. The molecular weight excluding hydrogens is 395 g/mol.